The molecule has 0 aliphatic heterocycles. The Morgan fingerprint density at radius 3 is 2.18 bits per heavy atom. The molecule has 17 heavy (non-hydrogen) atoms. The Balaban J connectivity index is 2.07. The van der Waals surface area contributed by atoms with Gasteiger partial charge >= 0.3 is 0 Å². The van der Waals surface area contributed by atoms with Gasteiger partial charge in [0, 0.05) is 11.7 Å². The maximum Gasteiger partial charge on any atom is 0.0927 e. The summed E-state index contributed by atoms with van der Waals surface area (Å²) in [5.41, 5.74) is 2.76. The van der Waals surface area contributed by atoms with Gasteiger partial charge in [-0.15, -0.1) is 0 Å². The van der Waals surface area contributed by atoms with Crippen molar-refractivity contribution >= 4 is 0 Å². The van der Waals surface area contributed by atoms with Crippen molar-refractivity contribution in [1.29, 1.82) is 0 Å². The molecule has 0 bridgehead atoms. The molecule has 0 fully saturated rings. The van der Waals surface area contributed by atoms with Crippen molar-refractivity contribution in [2.24, 2.45) is 0 Å². The summed E-state index contributed by atoms with van der Waals surface area (Å²) < 4.78 is 9.62. The number of nitrogens with zero attached hydrogens (tertiary/aromatic N) is 2. The molecule has 0 saturated carbocycles. The number of benzene rings is 2. The molecular formula is C15H12N2. The van der Waals surface area contributed by atoms with Gasteiger partial charge in [-0.2, -0.15) is 5.10 Å². The van der Waals surface area contributed by atoms with E-state index < -0.39 is 0 Å². The van der Waals surface area contributed by atoms with E-state index in [4.69, 9.17) is 1.37 Å². The van der Waals surface area contributed by atoms with Gasteiger partial charge in [-0.25, -0.2) is 4.68 Å². The Labute approximate surface area is 102 Å². The summed E-state index contributed by atoms with van der Waals surface area (Å²) in [5, 5.41) is 4.48. The molecule has 0 amide bonds. The maximum atomic E-state index is 7.98. The summed E-state index contributed by atoms with van der Waals surface area (Å²) in [6.45, 7) is 0. The average molecular weight is 221 g/mol. The molecule has 82 valence electrons. The second kappa shape index (κ2) is 4.26. The van der Waals surface area contributed by atoms with Crippen LogP contribution in [-0.4, -0.2) is 9.78 Å². The van der Waals surface area contributed by atoms with Crippen LogP contribution in [-0.2, 0) is 0 Å². The Kier molecular flexibility index (Phi) is 2.19. The second-order valence-corrected chi connectivity index (χ2v) is 3.77. The van der Waals surface area contributed by atoms with Crippen molar-refractivity contribution < 1.29 is 1.37 Å². The van der Waals surface area contributed by atoms with Crippen LogP contribution in [0.1, 0.15) is 1.37 Å². The summed E-state index contributed by atoms with van der Waals surface area (Å²) in [5.74, 6) is 0. The van der Waals surface area contributed by atoms with E-state index in [1.54, 1.807) is 10.7 Å². The fourth-order valence-corrected chi connectivity index (χ4v) is 1.74. The van der Waals surface area contributed by atoms with Crippen LogP contribution >= 0.6 is 0 Å². The number of hydrogen-bond donors (Lipinski definition) is 0. The van der Waals surface area contributed by atoms with Crippen molar-refractivity contribution in [3.8, 4) is 16.9 Å². The number of aromatic nitrogens is 2. The van der Waals surface area contributed by atoms with E-state index in [1.165, 1.54) is 0 Å². The molecule has 1 heterocycles. The van der Waals surface area contributed by atoms with Crippen molar-refractivity contribution in [1.82, 2.24) is 9.78 Å². The van der Waals surface area contributed by atoms with Crippen LogP contribution in [0.2, 0.25) is 0 Å². The first-order valence-corrected chi connectivity index (χ1v) is 5.52. The lowest BCUT2D eigenvalue weighted by Crippen LogP contribution is -1.93. The first kappa shape index (κ1) is 8.76. The Hall–Kier alpha value is -2.35. The highest BCUT2D eigenvalue weighted by molar-refractivity contribution is 5.58. The summed E-state index contributed by atoms with van der Waals surface area (Å²) in [7, 11) is 0. The summed E-state index contributed by atoms with van der Waals surface area (Å²) >= 11 is 0. The van der Waals surface area contributed by atoms with E-state index in [0.29, 0.717) is 6.17 Å². The highest BCUT2D eigenvalue weighted by Gasteiger charge is 2.02. The number of para-hydroxylation sites is 1. The SMILES string of the molecule is [2H]c1cc(-c2ccccc2)nn1-c1ccccc1. The highest BCUT2D eigenvalue weighted by atomic mass is 15.3. The summed E-state index contributed by atoms with van der Waals surface area (Å²) in [6, 6.07) is 21.4. The van der Waals surface area contributed by atoms with E-state index in [2.05, 4.69) is 5.10 Å². The van der Waals surface area contributed by atoms with Gasteiger partial charge in [0.25, 0.3) is 0 Å². The zero-order valence-electron chi connectivity index (χ0n) is 10.2. The minimum atomic E-state index is 0.389. The molecule has 0 atom stereocenters. The van der Waals surface area contributed by atoms with Crippen molar-refractivity contribution in [2.75, 3.05) is 0 Å². The molecule has 0 aliphatic carbocycles. The van der Waals surface area contributed by atoms with Gasteiger partial charge < -0.3 is 0 Å². The molecular weight excluding hydrogens is 208 g/mol. The largest absolute Gasteiger partial charge is 0.240 e. The van der Waals surface area contributed by atoms with Gasteiger partial charge in [-0.1, -0.05) is 48.5 Å². The van der Waals surface area contributed by atoms with Crippen LogP contribution in [0.3, 0.4) is 0 Å². The quantitative estimate of drug-likeness (QED) is 0.647. The summed E-state index contributed by atoms with van der Waals surface area (Å²) in [4.78, 5) is 0. The van der Waals surface area contributed by atoms with Gasteiger partial charge in [0.1, 0.15) is 0 Å². The van der Waals surface area contributed by atoms with Crippen LogP contribution in [0.25, 0.3) is 16.9 Å². The Morgan fingerprint density at radius 2 is 1.47 bits per heavy atom. The number of rotatable bonds is 2. The van der Waals surface area contributed by atoms with Crippen LogP contribution in [0.15, 0.2) is 72.9 Å². The molecule has 0 spiro atoms. The van der Waals surface area contributed by atoms with Crippen molar-refractivity contribution in [3.63, 3.8) is 0 Å². The van der Waals surface area contributed by atoms with E-state index in [1.807, 2.05) is 60.7 Å². The smallest absolute Gasteiger partial charge is 0.0927 e. The van der Waals surface area contributed by atoms with E-state index in [9.17, 15) is 0 Å². The molecule has 3 aromatic rings. The van der Waals surface area contributed by atoms with E-state index in [0.717, 1.165) is 16.9 Å². The Morgan fingerprint density at radius 1 is 0.824 bits per heavy atom. The van der Waals surface area contributed by atoms with Gasteiger partial charge in [0.05, 0.1) is 12.8 Å². The third-order valence-corrected chi connectivity index (χ3v) is 2.60. The normalized spacial score (nSPS) is 11.2. The van der Waals surface area contributed by atoms with Gasteiger partial charge in [0.15, 0.2) is 0 Å². The molecule has 2 heteroatoms. The zero-order valence-corrected chi connectivity index (χ0v) is 9.25. The Bertz CT molecular complexity index is 645. The average Bonchev–Trinajstić information content (AvgIpc) is 2.83. The minimum Gasteiger partial charge on any atom is -0.240 e. The second-order valence-electron chi connectivity index (χ2n) is 3.77. The third-order valence-electron chi connectivity index (χ3n) is 2.60. The molecule has 0 N–H and O–H groups in total. The first-order valence-electron chi connectivity index (χ1n) is 6.02. The zero-order chi connectivity index (χ0) is 12.4. The lowest BCUT2D eigenvalue weighted by Gasteiger charge is -2.00. The topological polar surface area (TPSA) is 17.8 Å². The molecule has 2 nitrogen and oxygen atoms in total. The minimum absolute atomic E-state index is 0.389. The van der Waals surface area contributed by atoms with Crippen LogP contribution in [0.5, 0.6) is 0 Å². The van der Waals surface area contributed by atoms with Crippen molar-refractivity contribution in [2.45, 2.75) is 0 Å². The molecule has 0 radical (unpaired) electrons. The lowest BCUT2D eigenvalue weighted by molar-refractivity contribution is 0.884. The molecule has 3 rings (SSSR count). The predicted octanol–water partition coefficient (Wildman–Crippen LogP) is 3.54. The van der Waals surface area contributed by atoms with E-state index in [-0.39, 0.29) is 0 Å². The first-order chi connectivity index (χ1) is 8.84. The molecule has 1 aromatic heterocycles. The molecule has 2 aromatic carbocycles. The molecule has 0 unspecified atom stereocenters. The molecule has 0 saturated heterocycles. The van der Waals surface area contributed by atoms with Crippen LogP contribution in [0.4, 0.5) is 0 Å². The van der Waals surface area contributed by atoms with Gasteiger partial charge in [0.2, 0.25) is 0 Å². The third kappa shape index (κ3) is 1.97. The van der Waals surface area contributed by atoms with Gasteiger partial charge in [-0.05, 0) is 18.2 Å². The van der Waals surface area contributed by atoms with Crippen LogP contribution < -0.4 is 0 Å². The summed E-state index contributed by atoms with van der Waals surface area (Å²) in [6.07, 6.45) is 0.389. The lowest BCUT2D eigenvalue weighted by atomic mass is 10.2. The standard InChI is InChI=1S/C15H12N2/c1-3-7-13(8-4-1)15-11-12-17(16-15)14-9-5-2-6-10-14/h1-12H/i12D. The fourth-order valence-electron chi connectivity index (χ4n) is 1.74. The number of hydrogen-bond acceptors (Lipinski definition) is 1. The highest BCUT2D eigenvalue weighted by Crippen LogP contribution is 2.17. The maximum absolute atomic E-state index is 7.98. The van der Waals surface area contributed by atoms with Gasteiger partial charge in [-0.3, -0.25) is 0 Å². The monoisotopic (exact) mass is 221 g/mol. The molecule has 0 aliphatic rings. The van der Waals surface area contributed by atoms with Crippen molar-refractivity contribution in [3.05, 3.63) is 72.9 Å². The predicted molar refractivity (Wildman–Crippen MR) is 69.0 cm³/mol. The van der Waals surface area contributed by atoms with E-state index >= 15 is 0 Å². The fraction of sp³-hybridized carbons (Fsp3) is 0. The van der Waals surface area contributed by atoms with Crippen LogP contribution in [0, 0.1) is 0 Å².